The number of hydrogen-bond donors (Lipinski definition) is 1. The predicted molar refractivity (Wildman–Crippen MR) is 97.5 cm³/mol. The molecule has 0 aliphatic rings. The molecule has 5 nitrogen and oxygen atoms in total. The molecule has 0 aliphatic heterocycles. The molecule has 1 amide bonds. The van der Waals surface area contributed by atoms with Gasteiger partial charge in [-0.15, -0.1) is 11.3 Å². The van der Waals surface area contributed by atoms with Crippen LogP contribution in [0, 0.1) is 0 Å². The summed E-state index contributed by atoms with van der Waals surface area (Å²) in [6.45, 7) is 0.304. The summed E-state index contributed by atoms with van der Waals surface area (Å²) < 4.78 is 7.64. The first-order chi connectivity index (χ1) is 11.8. The van der Waals surface area contributed by atoms with Crippen molar-refractivity contribution in [2.45, 2.75) is 6.61 Å². The lowest BCUT2D eigenvalue weighted by Gasteiger charge is -2.01. The van der Waals surface area contributed by atoms with Crippen LogP contribution in [0.15, 0.2) is 48.5 Å². The van der Waals surface area contributed by atoms with Gasteiger partial charge in [0.05, 0.1) is 27.0 Å². The molecule has 0 atom stereocenters. The number of aromatic nitrogens is 2. The number of benzene rings is 2. The number of thiazole rings is 2. The number of carbonyl (C=O) groups excluding carboxylic acids is 1. The Balaban J connectivity index is 1.33. The van der Waals surface area contributed by atoms with Crippen LogP contribution < -0.4 is 5.32 Å². The number of ether oxygens (including phenoxy) is 1. The zero-order valence-corrected chi connectivity index (χ0v) is 14.2. The van der Waals surface area contributed by atoms with Crippen LogP contribution in [0.1, 0.15) is 5.01 Å². The van der Waals surface area contributed by atoms with Gasteiger partial charge in [-0.25, -0.2) is 9.97 Å². The van der Waals surface area contributed by atoms with Crippen LogP contribution in [0.25, 0.3) is 20.4 Å². The van der Waals surface area contributed by atoms with Gasteiger partial charge in [0, 0.05) is 0 Å². The van der Waals surface area contributed by atoms with E-state index in [1.54, 1.807) is 11.3 Å². The van der Waals surface area contributed by atoms with E-state index in [1.807, 2.05) is 48.5 Å². The van der Waals surface area contributed by atoms with Gasteiger partial charge in [0.2, 0.25) is 0 Å². The number of nitrogens with one attached hydrogen (secondary N) is 1. The molecule has 2 heterocycles. The highest BCUT2D eigenvalue weighted by atomic mass is 32.1. The average Bonchev–Trinajstić information content (AvgIpc) is 3.17. The molecule has 4 rings (SSSR count). The summed E-state index contributed by atoms with van der Waals surface area (Å²) in [5.41, 5.74) is 1.84. The first kappa shape index (κ1) is 15.2. The van der Waals surface area contributed by atoms with Gasteiger partial charge in [0.25, 0.3) is 5.91 Å². The Labute approximate surface area is 145 Å². The second-order valence-electron chi connectivity index (χ2n) is 5.10. The third-order valence-corrected chi connectivity index (χ3v) is 5.30. The SMILES string of the molecule is O=C(COCc1nc2ccccc2s1)Nc1nc2ccccc2s1. The molecule has 1 N–H and O–H groups in total. The van der Waals surface area contributed by atoms with Crippen LogP contribution in [-0.4, -0.2) is 22.5 Å². The fraction of sp³-hybridized carbons (Fsp3) is 0.118. The molecule has 0 aliphatic carbocycles. The van der Waals surface area contributed by atoms with Crippen LogP contribution in [0.4, 0.5) is 5.13 Å². The fourth-order valence-corrected chi connectivity index (χ4v) is 4.08. The molecule has 4 aromatic rings. The normalized spacial score (nSPS) is 11.2. The lowest BCUT2D eigenvalue weighted by atomic mass is 10.3. The standard InChI is InChI=1S/C17H13N3O2S2/c21-15(20-17-19-12-6-2-4-8-14(12)24-17)9-22-10-16-18-11-5-1-3-7-13(11)23-16/h1-8H,9-10H2,(H,19,20,21). The summed E-state index contributed by atoms with van der Waals surface area (Å²) in [6.07, 6.45) is 0. The molecule has 0 bridgehead atoms. The first-order valence-electron chi connectivity index (χ1n) is 7.35. The predicted octanol–water partition coefficient (Wildman–Crippen LogP) is 4.06. The molecule has 0 unspecified atom stereocenters. The third-order valence-electron chi connectivity index (χ3n) is 3.34. The minimum atomic E-state index is -0.213. The largest absolute Gasteiger partial charge is 0.364 e. The Bertz CT molecular complexity index is 943. The second-order valence-corrected chi connectivity index (χ2v) is 7.25. The maximum absolute atomic E-state index is 12.0. The number of carbonyl (C=O) groups is 1. The van der Waals surface area contributed by atoms with E-state index in [0.717, 1.165) is 25.4 Å². The second kappa shape index (κ2) is 6.64. The molecule has 0 spiro atoms. The molecule has 24 heavy (non-hydrogen) atoms. The number of rotatable bonds is 5. The molecule has 7 heteroatoms. The van der Waals surface area contributed by atoms with Crippen LogP contribution in [0.3, 0.4) is 0 Å². The van der Waals surface area contributed by atoms with Crippen LogP contribution in [0.2, 0.25) is 0 Å². The summed E-state index contributed by atoms with van der Waals surface area (Å²) in [5, 5.41) is 4.22. The van der Waals surface area contributed by atoms with Gasteiger partial charge < -0.3 is 4.74 Å². The minimum absolute atomic E-state index is 0.0220. The van der Waals surface area contributed by atoms with Crippen molar-refractivity contribution in [1.29, 1.82) is 0 Å². The first-order valence-corrected chi connectivity index (χ1v) is 8.99. The number of anilines is 1. The summed E-state index contributed by atoms with van der Waals surface area (Å²) in [6, 6.07) is 15.7. The third kappa shape index (κ3) is 3.28. The summed E-state index contributed by atoms with van der Waals surface area (Å²) in [4.78, 5) is 20.8. The van der Waals surface area contributed by atoms with E-state index in [0.29, 0.717) is 11.7 Å². The molecule has 120 valence electrons. The van der Waals surface area contributed by atoms with Gasteiger partial charge in [-0.05, 0) is 24.3 Å². The molecular formula is C17H13N3O2S2. The summed E-state index contributed by atoms with van der Waals surface area (Å²) >= 11 is 3.03. The molecule has 0 saturated heterocycles. The molecule has 2 aromatic carbocycles. The monoisotopic (exact) mass is 355 g/mol. The Morgan fingerprint density at radius 1 is 0.958 bits per heavy atom. The summed E-state index contributed by atoms with van der Waals surface area (Å²) in [7, 11) is 0. The Kier molecular flexibility index (Phi) is 4.20. The van der Waals surface area contributed by atoms with Gasteiger partial charge in [0.15, 0.2) is 5.13 Å². The van der Waals surface area contributed by atoms with Crippen molar-refractivity contribution >= 4 is 54.1 Å². The van der Waals surface area contributed by atoms with Gasteiger partial charge in [-0.1, -0.05) is 35.6 Å². The minimum Gasteiger partial charge on any atom is -0.364 e. The van der Waals surface area contributed by atoms with Crippen LogP contribution >= 0.6 is 22.7 Å². The topological polar surface area (TPSA) is 64.1 Å². The number of para-hydroxylation sites is 2. The van der Waals surface area contributed by atoms with E-state index < -0.39 is 0 Å². The van der Waals surface area contributed by atoms with Crippen molar-refractivity contribution in [2.75, 3.05) is 11.9 Å². The van der Waals surface area contributed by atoms with Crippen molar-refractivity contribution in [3.8, 4) is 0 Å². The van der Waals surface area contributed by atoms with E-state index in [9.17, 15) is 4.79 Å². The van der Waals surface area contributed by atoms with Crippen molar-refractivity contribution in [1.82, 2.24) is 9.97 Å². The van der Waals surface area contributed by atoms with Crippen molar-refractivity contribution < 1.29 is 9.53 Å². The highest BCUT2D eigenvalue weighted by molar-refractivity contribution is 7.22. The lowest BCUT2D eigenvalue weighted by Crippen LogP contribution is -2.18. The van der Waals surface area contributed by atoms with Crippen LogP contribution in [0.5, 0.6) is 0 Å². The van der Waals surface area contributed by atoms with Gasteiger partial charge in [-0.2, -0.15) is 0 Å². The molecule has 2 aromatic heterocycles. The number of fused-ring (bicyclic) bond motifs is 2. The Morgan fingerprint density at radius 3 is 2.33 bits per heavy atom. The van der Waals surface area contributed by atoms with E-state index >= 15 is 0 Å². The highest BCUT2D eigenvalue weighted by Gasteiger charge is 2.09. The number of nitrogens with zero attached hydrogens (tertiary/aromatic N) is 2. The average molecular weight is 355 g/mol. The zero-order chi connectivity index (χ0) is 16.4. The maximum atomic E-state index is 12.0. The van der Waals surface area contributed by atoms with Crippen molar-refractivity contribution in [3.05, 3.63) is 53.5 Å². The van der Waals surface area contributed by atoms with Crippen molar-refractivity contribution in [3.63, 3.8) is 0 Å². The van der Waals surface area contributed by atoms with Crippen molar-refractivity contribution in [2.24, 2.45) is 0 Å². The summed E-state index contributed by atoms with van der Waals surface area (Å²) in [5.74, 6) is -0.213. The Hall–Kier alpha value is -2.35. The number of amides is 1. The zero-order valence-electron chi connectivity index (χ0n) is 12.6. The van der Waals surface area contributed by atoms with Gasteiger partial charge in [-0.3, -0.25) is 10.1 Å². The van der Waals surface area contributed by atoms with Gasteiger partial charge >= 0.3 is 0 Å². The smallest absolute Gasteiger partial charge is 0.252 e. The molecular weight excluding hydrogens is 342 g/mol. The highest BCUT2D eigenvalue weighted by Crippen LogP contribution is 2.25. The molecule has 0 saturated carbocycles. The maximum Gasteiger partial charge on any atom is 0.252 e. The van der Waals surface area contributed by atoms with E-state index in [4.69, 9.17) is 4.74 Å². The molecule has 0 radical (unpaired) electrons. The number of hydrogen-bond acceptors (Lipinski definition) is 6. The Morgan fingerprint density at radius 2 is 1.62 bits per heavy atom. The van der Waals surface area contributed by atoms with E-state index in [2.05, 4.69) is 15.3 Å². The quantitative estimate of drug-likeness (QED) is 0.586. The van der Waals surface area contributed by atoms with Crippen LogP contribution in [-0.2, 0) is 16.1 Å². The van der Waals surface area contributed by atoms with Gasteiger partial charge in [0.1, 0.15) is 11.6 Å². The fourth-order valence-electron chi connectivity index (χ4n) is 2.29. The van der Waals surface area contributed by atoms with E-state index in [1.165, 1.54) is 11.3 Å². The lowest BCUT2D eigenvalue weighted by molar-refractivity contribution is -0.121. The molecule has 0 fully saturated rings. The van der Waals surface area contributed by atoms with E-state index in [-0.39, 0.29) is 12.5 Å².